The van der Waals surface area contributed by atoms with Crippen molar-refractivity contribution in [3.05, 3.63) is 53.6 Å². The predicted octanol–water partition coefficient (Wildman–Crippen LogP) is 3.28. The second-order valence-electron chi connectivity index (χ2n) is 8.78. The number of alkyl carbamates (subject to hydrolysis) is 1. The summed E-state index contributed by atoms with van der Waals surface area (Å²) in [5.74, 6) is -0.216. The number of anilines is 1. The number of hydrogen-bond acceptors (Lipinski definition) is 7. The smallest absolute Gasteiger partial charge is 0.407 e. The van der Waals surface area contributed by atoms with Crippen molar-refractivity contribution in [2.75, 3.05) is 18.6 Å². The van der Waals surface area contributed by atoms with Crippen molar-refractivity contribution in [3.8, 4) is 5.75 Å². The van der Waals surface area contributed by atoms with Crippen molar-refractivity contribution in [2.24, 2.45) is 0 Å². The molecule has 1 unspecified atom stereocenters. The van der Waals surface area contributed by atoms with E-state index in [2.05, 4.69) is 5.32 Å². The highest BCUT2D eigenvalue weighted by Gasteiger charge is 2.35. The number of carbonyl (C=O) groups is 3. The summed E-state index contributed by atoms with van der Waals surface area (Å²) in [6.45, 7) is 5.20. The zero-order valence-corrected chi connectivity index (χ0v) is 20.4. The summed E-state index contributed by atoms with van der Waals surface area (Å²) in [5.41, 5.74) is 3.22. The SMILES string of the molecule is COc1ccc(CC2Sc3ccc(CNC(=O)OC(C)(C)C)cc3N(CC(=O)NO)C2=O)cc1. The molecule has 1 heterocycles. The fourth-order valence-electron chi connectivity index (χ4n) is 3.41. The molecule has 1 atom stereocenters. The normalized spacial score (nSPS) is 15.4. The van der Waals surface area contributed by atoms with E-state index in [0.29, 0.717) is 12.1 Å². The largest absolute Gasteiger partial charge is 0.497 e. The molecule has 2 aromatic carbocycles. The molecule has 0 saturated carbocycles. The lowest BCUT2D eigenvalue weighted by atomic mass is 10.1. The number of nitrogens with one attached hydrogen (secondary N) is 2. The predicted molar refractivity (Wildman–Crippen MR) is 128 cm³/mol. The highest BCUT2D eigenvalue weighted by molar-refractivity contribution is 8.01. The Balaban J connectivity index is 1.81. The van der Waals surface area contributed by atoms with E-state index in [0.717, 1.165) is 21.8 Å². The molecule has 10 heteroatoms. The number of methoxy groups -OCH3 is 1. The molecule has 182 valence electrons. The summed E-state index contributed by atoms with van der Waals surface area (Å²) in [6.07, 6.45) is -0.0849. The van der Waals surface area contributed by atoms with Crippen LogP contribution >= 0.6 is 11.8 Å². The van der Waals surface area contributed by atoms with Gasteiger partial charge in [-0.1, -0.05) is 18.2 Å². The Morgan fingerprint density at radius 2 is 1.79 bits per heavy atom. The van der Waals surface area contributed by atoms with Crippen LogP contribution in [-0.4, -0.2) is 47.6 Å². The molecule has 0 fully saturated rings. The van der Waals surface area contributed by atoms with Crippen LogP contribution < -0.4 is 20.4 Å². The number of carbonyl (C=O) groups excluding carboxylic acids is 3. The summed E-state index contributed by atoms with van der Waals surface area (Å²) in [7, 11) is 1.59. The van der Waals surface area contributed by atoms with E-state index in [4.69, 9.17) is 14.7 Å². The lowest BCUT2D eigenvalue weighted by Gasteiger charge is -2.33. The average Bonchev–Trinajstić information content (AvgIpc) is 2.79. The van der Waals surface area contributed by atoms with Gasteiger partial charge in [-0.05, 0) is 62.6 Å². The number of ether oxygens (including phenoxy) is 2. The van der Waals surface area contributed by atoms with Crippen LogP contribution in [0.25, 0.3) is 0 Å². The summed E-state index contributed by atoms with van der Waals surface area (Å²) in [6, 6.07) is 12.9. The number of thioether (sulfide) groups is 1. The Bertz CT molecular complexity index is 1050. The molecule has 0 saturated heterocycles. The molecule has 0 aliphatic carbocycles. The van der Waals surface area contributed by atoms with E-state index in [9.17, 15) is 14.4 Å². The van der Waals surface area contributed by atoms with Crippen molar-refractivity contribution >= 4 is 35.4 Å². The number of rotatable bonds is 7. The zero-order valence-electron chi connectivity index (χ0n) is 19.6. The first-order valence-corrected chi connectivity index (χ1v) is 11.6. The Morgan fingerprint density at radius 3 is 2.41 bits per heavy atom. The lowest BCUT2D eigenvalue weighted by Crippen LogP contribution is -2.46. The van der Waals surface area contributed by atoms with Gasteiger partial charge in [0, 0.05) is 11.4 Å². The summed E-state index contributed by atoms with van der Waals surface area (Å²) >= 11 is 1.42. The van der Waals surface area contributed by atoms with E-state index in [-0.39, 0.29) is 19.0 Å². The maximum atomic E-state index is 13.3. The molecule has 1 aliphatic rings. The second-order valence-corrected chi connectivity index (χ2v) is 10.0. The van der Waals surface area contributed by atoms with Gasteiger partial charge in [0.15, 0.2) is 0 Å². The first-order valence-electron chi connectivity index (χ1n) is 10.7. The molecule has 1 aliphatic heterocycles. The minimum atomic E-state index is -0.702. The molecular weight excluding hydrogens is 458 g/mol. The molecule has 9 nitrogen and oxygen atoms in total. The molecule has 2 aromatic rings. The Hall–Kier alpha value is -3.24. The maximum absolute atomic E-state index is 13.3. The molecule has 0 bridgehead atoms. The Kier molecular flexibility index (Phi) is 8.06. The van der Waals surface area contributed by atoms with Crippen LogP contribution in [0.3, 0.4) is 0 Å². The van der Waals surface area contributed by atoms with Crippen LogP contribution in [0.1, 0.15) is 31.9 Å². The van der Waals surface area contributed by atoms with E-state index < -0.39 is 22.9 Å². The van der Waals surface area contributed by atoms with Gasteiger partial charge in [0.25, 0.3) is 5.91 Å². The monoisotopic (exact) mass is 487 g/mol. The van der Waals surface area contributed by atoms with Gasteiger partial charge in [-0.2, -0.15) is 0 Å². The molecule has 3 N–H and O–H groups in total. The van der Waals surface area contributed by atoms with Crippen LogP contribution in [0.5, 0.6) is 5.75 Å². The zero-order chi connectivity index (χ0) is 24.9. The van der Waals surface area contributed by atoms with E-state index >= 15 is 0 Å². The van der Waals surface area contributed by atoms with Crippen molar-refractivity contribution in [2.45, 2.75) is 49.5 Å². The Labute approximate surface area is 202 Å². The third kappa shape index (κ3) is 6.64. The van der Waals surface area contributed by atoms with E-state index in [1.807, 2.05) is 36.4 Å². The first-order chi connectivity index (χ1) is 16.1. The Morgan fingerprint density at radius 1 is 1.12 bits per heavy atom. The van der Waals surface area contributed by atoms with E-state index in [1.165, 1.54) is 16.7 Å². The number of fused-ring (bicyclic) bond motifs is 1. The minimum absolute atomic E-state index is 0.191. The third-order valence-corrected chi connectivity index (χ3v) is 6.22. The molecular formula is C24H29N3O6S. The standard InChI is InChI=1S/C24H29N3O6S/c1-24(2,3)33-23(30)25-13-16-7-10-19-18(11-16)27(14-21(28)26-31)22(29)20(34-19)12-15-5-8-17(32-4)9-6-15/h5-11,20,31H,12-14H2,1-4H3,(H,25,30)(H,26,28). The van der Waals surface area contributed by atoms with Gasteiger partial charge in [-0.15, -0.1) is 11.8 Å². The van der Waals surface area contributed by atoms with Crippen LogP contribution in [0.2, 0.25) is 0 Å². The minimum Gasteiger partial charge on any atom is -0.497 e. The number of amides is 3. The van der Waals surface area contributed by atoms with Crippen LogP contribution in [0.4, 0.5) is 10.5 Å². The molecule has 3 amide bonds. The number of hydroxylamine groups is 1. The van der Waals surface area contributed by atoms with Gasteiger partial charge in [0.1, 0.15) is 17.9 Å². The molecule has 34 heavy (non-hydrogen) atoms. The van der Waals surface area contributed by atoms with Crippen molar-refractivity contribution < 1.29 is 29.1 Å². The van der Waals surface area contributed by atoms with E-state index in [1.54, 1.807) is 39.4 Å². The number of nitrogens with zero attached hydrogens (tertiary/aromatic N) is 1. The van der Waals surface area contributed by atoms with Crippen LogP contribution in [-0.2, 0) is 27.3 Å². The van der Waals surface area contributed by atoms with Gasteiger partial charge in [-0.25, -0.2) is 10.3 Å². The van der Waals surface area contributed by atoms with Gasteiger partial charge in [0.05, 0.1) is 18.0 Å². The molecule has 0 radical (unpaired) electrons. The summed E-state index contributed by atoms with van der Waals surface area (Å²) < 4.78 is 10.4. The topological polar surface area (TPSA) is 117 Å². The van der Waals surface area contributed by atoms with Crippen LogP contribution in [0.15, 0.2) is 47.4 Å². The quantitative estimate of drug-likeness (QED) is 0.405. The van der Waals surface area contributed by atoms with Gasteiger partial charge in [-0.3, -0.25) is 14.8 Å². The molecule has 3 rings (SSSR count). The first kappa shape index (κ1) is 25.4. The number of benzene rings is 2. The van der Waals surface area contributed by atoms with Gasteiger partial charge < -0.3 is 19.7 Å². The van der Waals surface area contributed by atoms with Crippen LogP contribution in [0, 0.1) is 0 Å². The summed E-state index contributed by atoms with van der Waals surface area (Å²) in [5, 5.41) is 11.3. The molecule has 0 spiro atoms. The van der Waals surface area contributed by atoms with Gasteiger partial charge in [0.2, 0.25) is 5.91 Å². The second kappa shape index (κ2) is 10.8. The average molecular weight is 488 g/mol. The van der Waals surface area contributed by atoms with Gasteiger partial charge >= 0.3 is 6.09 Å². The van der Waals surface area contributed by atoms with Crippen molar-refractivity contribution in [1.82, 2.24) is 10.8 Å². The lowest BCUT2D eigenvalue weighted by molar-refractivity contribution is -0.129. The number of hydrogen-bond donors (Lipinski definition) is 3. The third-order valence-electron chi connectivity index (χ3n) is 4.97. The van der Waals surface area contributed by atoms with Crippen molar-refractivity contribution in [1.29, 1.82) is 0 Å². The fourth-order valence-corrected chi connectivity index (χ4v) is 4.66. The maximum Gasteiger partial charge on any atom is 0.407 e. The fraction of sp³-hybridized carbons (Fsp3) is 0.375. The summed E-state index contributed by atoms with van der Waals surface area (Å²) in [4.78, 5) is 39.5. The highest BCUT2D eigenvalue weighted by atomic mass is 32.2. The molecule has 0 aromatic heterocycles. The highest BCUT2D eigenvalue weighted by Crippen LogP contribution is 2.41. The van der Waals surface area contributed by atoms with Crippen molar-refractivity contribution in [3.63, 3.8) is 0 Å².